The molecular formula is C17H31N3S. The standard InChI is InChI=1S/C17H31N3S/c1-13(2)16-19-14(12-21-16)11-20-9-7-6-8-15(20)10-18-17(3,4)5/h12-13,15,18H,6-11H2,1-5H3. The van der Waals surface area contributed by atoms with Gasteiger partial charge in [0.15, 0.2) is 0 Å². The smallest absolute Gasteiger partial charge is 0.0954 e. The van der Waals surface area contributed by atoms with E-state index in [1.54, 1.807) is 0 Å². The van der Waals surface area contributed by atoms with Gasteiger partial charge in [-0.1, -0.05) is 20.3 Å². The molecule has 1 aromatic heterocycles. The molecule has 2 heterocycles. The van der Waals surface area contributed by atoms with Crippen LogP contribution in [0.1, 0.15) is 70.5 Å². The third-order valence-corrected chi connectivity index (χ3v) is 5.24. The van der Waals surface area contributed by atoms with Crippen LogP contribution in [0.25, 0.3) is 0 Å². The number of hydrogen-bond donors (Lipinski definition) is 1. The average molecular weight is 310 g/mol. The molecule has 21 heavy (non-hydrogen) atoms. The lowest BCUT2D eigenvalue weighted by Gasteiger charge is -2.37. The number of piperidine rings is 1. The Balaban J connectivity index is 1.94. The quantitative estimate of drug-likeness (QED) is 0.891. The van der Waals surface area contributed by atoms with Crippen molar-refractivity contribution < 1.29 is 0 Å². The fourth-order valence-corrected chi connectivity index (χ4v) is 3.62. The Morgan fingerprint density at radius 3 is 2.76 bits per heavy atom. The SMILES string of the molecule is CC(C)c1nc(CN2CCCCC2CNC(C)(C)C)cs1. The van der Waals surface area contributed by atoms with E-state index in [1.165, 1.54) is 36.5 Å². The van der Waals surface area contributed by atoms with Gasteiger partial charge < -0.3 is 5.32 Å². The van der Waals surface area contributed by atoms with Crippen LogP contribution in [-0.4, -0.2) is 34.6 Å². The number of nitrogens with zero attached hydrogens (tertiary/aromatic N) is 2. The Bertz CT molecular complexity index is 433. The summed E-state index contributed by atoms with van der Waals surface area (Å²) in [6.45, 7) is 14.5. The summed E-state index contributed by atoms with van der Waals surface area (Å²) < 4.78 is 0. The lowest BCUT2D eigenvalue weighted by molar-refractivity contribution is 0.129. The van der Waals surface area contributed by atoms with E-state index in [0.29, 0.717) is 12.0 Å². The molecule has 1 unspecified atom stereocenters. The van der Waals surface area contributed by atoms with Crippen molar-refractivity contribution in [3.05, 3.63) is 16.1 Å². The van der Waals surface area contributed by atoms with Crippen molar-refractivity contribution in [2.24, 2.45) is 0 Å². The molecule has 1 fully saturated rings. The summed E-state index contributed by atoms with van der Waals surface area (Å²) in [6, 6.07) is 0.655. The van der Waals surface area contributed by atoms with Crippen molar-refractivity contribution in [2.45, 2.75) is 77.9 Å². The summed E-state index contributed by atoms with van der Waals surface area (Å²) in [5.74, 6) is 0.545. The van der Waals surface area contributed by atoms with Gasteiger partial charge >= 0.3 is 0 Å². The van der Waals surface area contributed by atoms with Gasteiger partial charge in [-0.05, 0) is 40.2 Å². The van der Waals surface area contributed by atoms with Gasteiger partial charge in [0, 0.05) is 36.0 Å². The van der Waals surface area contributed by atoms with Crippen molar-refractivity contribution in [3.8, 4) is 0 Å². The van der Waals surface area contributed by atoms with E-state index in [2.05, 4.69) is 50.2 Å². The lowest BCUT2D eigenvalue weighted by atomic mass is 10.0. The third kappa shape index (κ3) is 5.35. The zero-order chi connectivity index (χ0) is 15.5. The highest BCUT2D eigenvalue weighted by Crippen LogP contribution is 2.23. The molecule has 0 aromatic carbocycles. The minimum Gasteiger partial charge on any atom is -0.311 e. The molecule has 1 aliphatic heterocycles. The summed E-state index contributed by atoms with van der Waals surface area (Å²) in [4.78, 5) is 7.43. The maximum Gasteiger partial charge on any atom is 0.0954 e. The van der Waals surface area contributed by atoms with Crippen LogP contribution in [0.15, 0.2) is 5.38 Å². The van der Waals surface area contributed by atoms with Crippen LogP contribution in [0.4, 0.5) is 0 Å². The molecule has 1 aromatic rings. The molecule has 0 aliphatic carbocycles. The second kappa shape index (κ2) is 7.21. The molecule has 0 radical (unpaired) electrons. The summed E-state index contributed by atoms with van der Waals surface area (Å²) >= 11 is 1.81. The predicted molar refractivity (Wildman–Crippen MR) is 92.0 cm³/mol. The molecular weight excluding hydrogens is 278 g/mol. The number of aromatic nitrogens is 1. The molecule has 1 saturated heterocycles. The van der Waals surface area contributed by atoms with E-state index in [4.69, 9.17) is 4.98 Å². The number of thiazole rings is 1. The molecule has 3 nitrogen and oxygen atoms in total. The van der Waals surface area contributed by atoms with Gasteiger partial charge in [0.05, 0.1) is 10.7 Å². The van der Waals surface area contributed by atoms with Crippen molar-refractivity contribution in [2.75, 3.05) is 13.1 Å². The molecule has 1 N–H and O–H groups in total. The molecule has 0 bridgehead atoms. The maximum atomic E-state index is 4.80. The summed E-state index contributed by atoms with van der Waals surface area (Å²) in [6.07, 6.45) is 4.00. The van der Waals surface area contributed by atoms with E-state index in [0.717, 1.165) is 13.1 Å². The highest BCUT2D eigenvalue weighted by molar-refractivity contribution is 7.09. The molecule has 1 atom stereocenters. The number of likely N-dealkylation sites (tertiary alicyclic amines) is 1. The fraction of sp³-hybridized carbons (Fsp3) is 0.824. The van der Waals surface area contributed by atoms with Gasteiger partial charge in [0.2, 0.25) is 0 Å². The van der Waals surface area contributed by atoms with Crippen LogP contribution >= 0.6 is 11.3 Å². The summed E-state index contributed by atoms with van der Waals surface area (Å²) in [7, 11) is 0. The average Bonchev–Trinajstić information content (AvgIpc) is 2.85. The van der Waals surface area contributed by atoms with Crippen LogP contribution in [0.3, 0.4) is 0 Å². The van der Waals surface area contributed by atoms with Crippen LogP contribution in [0.5, 0.6) is 0 Å². The Labute approximate surface area is 134 Å². The topological polar surface area (TPSA) is 28.2 Å². The minimum atomic E-state index is 0.203. The van der Waals surface area contributed by atoms with Gasteiger partial charge in [-0.2, -0.15) is 0 Å². The van der Waals surface area contributed by atoms with Crippen molar-refractivity contribution in [3.63, 3.8) is 0 Å². The summed E-state index contributed by atoms with van der Waals surface area (Å²) in [5, 5.41) is 7.19. The largest absolute Gasteiger partial charge is 0.311 e. The molecule has 0 spiro atoms. The van der Waals surface area contributed by atoms with E-state index in [-0.39, 0.29) is 5.54 Å². The van der Waals surface area contributed by atoms with Crippen molar-refractivity contribution >= 4 is 11.3 Å². The zero-order valence-corrected chi connectivity index (χ0v) is 15.1. The zero-order valence-electron chi connectivity index (χ0n) is 14.3. The van der Waals surface area contributed by atoms with Gasteiger partial charge in [0.1, 0.15) is 0 Å². The normalized spacial score (nSPS) is 21.1. The lowest BCUT2D eigenvalue weighted by Crippen LogP contribution is -2.49. The third-order valence-electron chi connectivity index (χ3n) is 4.05. The van der Waals surface area contributed by atoms with Crippen LogP contribution in [-0.2, 0) is 6.54 Å². The molecule has 1 aliphatic rings. The Hall–Kier alpha value is -0.450. The first-order chi connectivity index (χ1) is 9.85. The van der Waals surface area contributed by atoms with E-state index in [1.807, 2.05) is 11.3 Å². The minimum absolute atomic E-state index is 0.203. The first-order valence-corrected chi connectivity index (χ1v) is 9.16. The van der Waals surface area contributed by atoms with Gasteiger partial charge in [-0.25, -0.2) is 4.98 Å². The number of rotatable bonds is 5. The molecule has 4 heteroatoms. The molecule has 120 valence electrons. The van der Waals surface area contributed by atoms with Crippen LogP contribution in [0.2, 0.25) is 0 Å². The van der Waals surface area contributed by atoms with E-state index in [9.17, 15) is 0 Å². The molecule has 2 rings (SSSR count). The van der Waals surface area contributed by atoms with Crippen molar-refractivity contribution in [1.82, 2.24) is 15.2 Å². The fourth-order valence-electron chi connectivity index (χ4n) is 2.79. The Morgan fingerprint density at radius 1 is 1.38 bits per heavy atom. The van der Waals surface area contributed by atoms with E-state index < -0.39 is 0 Å². The van der Waals surface area contributed by atoms with Crippen molar-refractivity contribution in [1.29, 1.82) is 0 Å². The molecule has 0 amide bonds. The Kier molecular flexibility index (Phi) is 5.81. The number of nitrogens with one attached hydrogen (secondary N) is 1. The summed E-state index contributed by atoms with van der Waals surface area (Å²) in [5.41, 5.74) is 1.46. The predicted octanol–water partition coefficient (Wildman–Crippen LogP) is 4.01. The number of hydrogen-bond acceptors (Lipinski definition) is 4. The van der Waals surface area contributed by atoms with Gasteiger partial charge in [-0.15, -0.1) is 11.3 Å². The maximum absolute atomic E-state index is 4.80. The molecule has 0 saturated carbocycles. The monoisotopic (exact) mass is 309 g/mol. The van der Waals surface area contributed by atoms with Gasteiger partial charge in [0.25, 0.3) is 0 Å². The van der Waals surface area contributed by atoms with Crippen LogP contribution < -0.4 is 5.32 Å². The first-order valence-electron chi connectivity index (χ1n) is 8.28. The van der Waals surface area contributed by atoms with Gasteiger partial charge in [-0.3, -0.25) is 4.90 Å². The highest BCUT2D eigenvalue weighted by Gasteiger charge is 2.24. The van der Waals surface area contributed by atoms with Crippen LogP contribution in [0, 0.1) is 0 Å². The first kappa shape index (κ1) is 16.9. The van der Waals surface area contributed by atoms with E-state index >= 15 is 0 Å². The second-order valence-corrected chi connectivity index (χ2v) is 8.47. The highest BCUT2D eigenvalue weighted by atomic mass is 32.1. The Morgan fingerprint density at radius 2 is 2.14 bits per heavy atom. The second-order valence-electron chi connectivity index (χ2n) is 7.58.